The largest absolute Gasteiger partial charge is 0.479 e. The van der Waals surface area contributed by atoms with Crippen molar-refractivity contribution in [1.82, 2.24) is 10.6 Å². The van der Waals surface area contributed by atoms with Gasteiger partial charge in [-0.2, -0.15) is 13.2 Å². The van der Waals surface area contributed by atoms with Gasteiger partial charge < -0.3 is 15.7 Å². The van der Waals surface area contributed by atoms with Crippen molar-refractivity contribution in [1.29, 1.82) is 0 Å². The molecule has 0 saturated carbocycles. The fourth-order valence-electron chi connectivity index (χ4n) is 1.50. The van der Waals surface area contributed by atoms with Crippen molar-refractivity contribution in [2.24, 2.45) is 5.92 Å². The molecule has 0 aliphatic heterocycles. The molecular weight excluding hydrogens is 265 g/mol. The van der Waals surface area contributed by atoms with Crippen LogP contribution in [-0.2, 0) is 4.79 Å². The minimum atomic E-state index is -5.09. The molecule has 0 rings (SSSR count). The number of alkyl halides is 3. The summed E-state index contributed by atoms with van der Waals surface area (Å²) in [6.07, 6.45) is -4.51. The molecule has 2 atom stereocenters. The Morgan fingerprint density at radius 3 is 2.00 bits per heavy atom. The van der Waals surface area contributed by atoms with Crippen LogP contribution in [0.4, 0.5) is 18.0 Å². The van der Waals surface area contributed by atoms with Gasteiger partial charge in [0, 0.05) is 6.04 Å². The van der Waals surface area contributed by atoms with Gasteiger partial charge in [-0.25, -0.2) is 9.59 Å². The molecular formula is C11H19F3N2O3. The van der Waals surface area contributed by atoms with E-state index in [1.165, 1.54) is 5.32 Å². The Morgan fingerprint density at radius 1 is 1.21 bits per heavy atom. The molecule has 0 saturated heterocycles. The first-order valence-electron chi connectivity index (χ1n) is 5.79. The number of carbonyl (C=O) groups is 2. The summed E-state index contributed by atoms with van der Waals surface area (Å²) >= 11 is 0. The number of carboxylic acid groups (broad SMARTS) is 1. The molecule has 19 heavy (non-hydrogen) atoms. The highest BCUT2D eigenvalue weighted by Gasteiger charge is 2.58. The minimum absolute atomic E-state index is 0.253. The molecule has 0 radical (unpaired) electrons. The molecule has 2 amide bonds. The fourth-order valence-corrected chi connectivity index (χ4v) is 1.50. The zero-order valence-electron chi connectivity index (χ0n) is 11.3. The summed E-state index contributed by atoms with van der Waals surface area (Å²) in [4.78, 5) is 22.1. The number of aliphatic carboxylic acids is 1. The summed E-state index contributed by atoms with van der Waals surface area (Å²) in [5.41, 5.74) is -3.31. The number of carbonyl (C=O) groups excluding carboxylic acids is 1. The number of rotatable bonds is 5. The predicted molar refractivity (Wildman–Crippen MR) is 62.7 cm³/mol. The highest BCUT2D eigenvalue weighted by Crippen LogP contribution is 2.30. The first kappa shape index (κ1) is 17.5. The molecule has 0 spiro atoms. The van der Waals surface area contributed by atoms with Gasteiger partial charge in [-0.1, -0.05) is 13.8 Å². The number of halogens is 3. The third-order valence-corrected chi connectivity index (χ3v) is 2.56. The van der Waals surface area contributed by atoms with Crippen molar-refractivity contribution in [3.8, 4) is 0 Å². The van der Waals surface area contributed by atoms with Crippen LogP contribution in [-0.4, -0.2) is 34.9 Å². The van der Waals surface area contributed by atoms with E-state index in [9.17, 15) is 22.8 Å². The Hall–Kier alpha value is -1.47. The van der Waals surface area contributed by atoms with Gasteiger partial charge in [-0.15, -0.1) is 0 Å². The summed E-state index contributed by atoms with van der Waals surface area (Å²) in [5.74, 6) is -1.91. The highest BCUT2D eigenvalue weighted by molar-refractivity contribution is 5.86. The van der Waals surface area contributed by atoms with Gasteiger partial charge in [-0.05, 0) is 26.2 Å². The lowest BCUT2D eigenvalue weighted by atomic mass is 10.0. The first-order chi connectivity index (χ1) is 8.40. The lowest BCUT2D eigenvalue weighted by Crippen LogP contribution is -2.64. The number of nitrogens with one attached hydrogen (secondary N) is 2. The Morgan fingerprint density at radius 2 is 1.68 bits per heavy atom. The maximum Gasteiger partial charge on any atom is 0.422 e. The summed E-state index contributed by atoms with van der Waals surface area (Å²) < 4.78 is 37.9. The van der Waals surface area contributed by atoms with E-state index < -0.39 is 23.7 Å². The number of urea groups is 1. The Balaban J connectivity index is 4.72. The minimum Gasteiger partial charge on any atom is -0.479 e. The normalized spacial score (nSPS) is 16.6. The van der Waals surface area contributed by atoms with Crippen molar-refractivity contribution in [2.45, 2.75) is 51.9 Å². The van der Waals surface area contributed by atoms with Crippen molar-refractivity contribution in [2.75, 3.05) is 0 Å². The molecule has 5 nitrogen and oxygen atoms in total. The van der Waals surface area contributed by atoms with Crippen LogP contribution in [0, 0.1) is 5.92 Å². The van der Waals surface area contributed by atoms with Crippen LogP contribution >= 0.6 is 0 Å². The monoisotopic (exact) mass is 284 g/mol. The van der Waals surface area contributed by atoms with E-state index >= 15 is 0 Å². The predicted octanol–water partition coefficient (Wildman–Crippen LogP) is 2.13. The van der Waals surface area contributed by atoms with Crippen LogP contribution in [0.5, 0.6) is 0 Å². The lowest BCUT2D eigenvalue weighted by Gasteiger charge is -2.29. The molecule has 0 aromatic heterocycles. The second-order valence-corrected chi connectivity index (χ2v) is 5.06. The molecule has 0 aliphatic carbocycles. The summed E-state index contributed by atoms with van der Waals surface area (Å²) in [6, 6.07) is -1.51. The van der Waals surface area contributed by atoms with E-state index in [0.29, 0.717) is 13.3 Å². The number of amides is 2. The Bertz CT molecular complexity index is 345. The van der Waals surface area contributed by atoms with Gasteiger partial charge in [0.15, 0.2) is 0 Å². The third kappa shape index (κ3) is 4.96. The van der Waals surface area contributed by atoms with Crippen LogP contribution < -0.4 is 10.6 Å². The summed E-state index contributed by atoms with van der Waals surface area (Å²) in [5, 5.41) is 12.4. The SMILES string of the molecule is CC(C)CC(C)NC(=O)NC(C)(C(=O)O)C(F)(F)F. The number of hydrogen-bond acceptors (Lipinski definition) is 2. The second kappa shape index (κ2) is 6.12. The first-order valence-corrected chi connectivity index (χ1v) is 5.79. The van der Waals surface area contributed by atoms with E-state index in [1.807, 2.05) is 13.8 Å². The van der Waals surface area contributed by atoms with Crippen LogP contribution in [0.3, 0.4) is 0 Å². The van der Waals surface area contributed by atoms with Gasteiger partial charge in [-0.3, -0.25) is 0 Å². The molecule has 112 valence electrons. The Labute approximate surface area is 109 Å². The van der Waals surface area contributed by atoms with Gasteiger partial charge >= 0.3 is 18.2 Å². The average Bonchev–Trinajstić information content (AvgIpc) is 2.12. The van der Waals surface area contributed by atoms with E-state index in [1.54, 1.807) is 6.92 Å². The molecule has 3 N–H and O–H groups in total. The topological polar surface area (TPSA) is 78.4 Å². The molecule has 0 aromatic carbocycles. The lowest BCUT2D eigenvalue weighted by molar-refractivity contribution is -0.203. The Kier molecular flexibility index (Phi) is 5.64. The van der Waals surface area contributed by atoms with Crippen molar-refractivity contribution in [3.63, 3.8) is 0 Å². The van der Waals surface area contributed by atoms with Crippen LogP contribution in [0.2, 0.25) is 0 Å². The van der Waals surface area contributed by atoms with Gasteiger partial charge in [0.05, 0.1) is 0 Å². The van der Waals surface area contributed by atoms with Crippen LogP contribution in [0.1, 0.15) is 34.1 Å². The zero-order chi connectivity index (χ0) is 15.4. The van der Waals surface area contributed by atoms with Crippen molar-refractivity contribution >= 4 is 12.0 Å². The smallest absolute Gasteiger partial charge is 0.422 e. The molecule has 0 aromatic rings. The zero-order valence-corrected chi connectivity index (χ0v) is 11.3. The van der Waals surface area contributed by atoms with Crippen molar-refractivity contribution < 1.29 is 27.9 Å². The molecule has 0 heterocycles. The van der Waals surface area contributed by atoms with Gasteiger partial charge in [0.1, 0.15) is 0 Å². The van der Waals surface area contributed by atoms with E-state index in [-0.39, 0.29) is 12.0 Å². The molecule has 2 unspecified atom stereocenters. The summed E-state index contributed by atoms with van der Waals surface area (Å²) in [6.45, 7) is 5.83. The van der Waals surface area contributed by atoms with Gasteiger partial charge in [0.25, 0.3) is 0 Å². The maximum absolute atomic E-state index is 12.6. The second-order valence-electron chi connectivity index (χ2n) is 5.06. The van der Waals surface area contributed by atoms with Crippen LogP contribution in [0.15, 0.2) is 0 Å². The van der Waals surface area contributed by atoms with E-state index in [4.69, 9.17) is 5.11 Å². The third-order valence-electron chi connectivity index (χ3n) is 2.56. The molecule has 0 aliphatic rings. The maximum atomic E-state index is 12.6. The molecule has 0 bridgehead atoms. The van der Waals surface area contributed by atoms with E-state index in [0.717, 1.165) is 0 Å². The quantitative estimate of drug-likeness (QED) is 0.723. The van der Waals surface area contributed by atoms with Crippen molar-refractivity contribution in [3.05, 3.63) is 0 Å². The number of carboxylic acids is 1. The fraction of sp³-hybridized carbons (Fsp3) is 0.818. The summed E-state index contributed by atoms with van der Waals surface area (Å²) in [7, 11) is 0. The molecule has 8 heteroatoms. The number of hydrogen-bond donors (Lipinski definition) is 3. The molecule has 0 fully saturated rings. The van der Waals surface area contributed by atoms with E-state index in [2.05, 4.69) is 5.32 Å². The highest BCUT2D eigenvalue weighted by atomic mass is 19.4. The van der Waals surface area contributed by atoms with Crippen LogP contribution in [0.25, 0.3) is 0 Å². The van der Waals surface area contributed by atoms with Gasteiger partial charge in [0.2, 0.25) is 5.54 Å². The standard InChI is InChI=1S/C11H19F3N2O3/c1-6(2)5-7(3)15-9(19)16-10(4,8(17)18)11(12,13)14/h6-7H,5H2,1-4H3,(H,17,18)(H2,15,16,19). The average molecular weight is 284 g/mol.